The van der Waals surface area contributed by atoms with Gasteiger partial charge in [0.1, 0.15) is 0 Å². The molecular weight excluding hydrogens is 524 g/mol. The molecule has 1 saturated carbocycles. The van der Waals surface area contributed by atoms with E-state index in [1.165, 1.54) is 31.2 Å². The van der Waals surface area contributed by atoms with Crippen LogP contribution in [0.1, 0.15) is 25.5 Å². The van der Waals surface area contributed by atoms with Crippen LogP contribution in [-0.4, -0.2) is 25.6 Å². The van der Waals surface area contributed by atoms with Crippen LogP contribution in [-0.2, 0) is 20.0 Å². The number of nitrogens with one attached hydrogen (secondary N) is 1. The molecule has 0 bridgehead atoms. The lowest BCUT2D eigenvalue weighted by Crippen LogP contribution is -2.15. The highest BCUT2D eigenvalue weighted by Gasteiger charge is 2.46. The van der Waals surface area contributed by atoms with E-state index in [4.69, 9.17) is 4.74 Å². The van der Waals surface area contributed by atoms with Gasteiger partial charge in [0.25, 0.3) is 11.9 Å². The predicted molar refractivity (Wildman–Crippen MR) is 116 cm³/mol. The van der Waals surface area contributed by atoms with Gasteiger partial charge >= 0.3 is 0 Å². The van der Waals surface area contributed by atoms with Crippen LogP contribution in [0.25, 0.3) is 0 Å². The number of sulfone groups is 1. The fourth-order valence-electron chi connectivity index (χ4n) is 2.61. The van der Waals surface area contributed by atoms with E-state index >= 15 is 0 Å². The van der Waals surface area contributed by atoms with Crippen molar-refractivity contribution in [2.24, 2.45) is 0 Å². The number of rotatable bonds is 6. The van der Waals surface area contributed by atoms with Crippen LogP contribution < -0.4 is 10.1 Å². The van der Waals surface area contributed by atoms with Crippen molar-refractivity contribution in [1.82, 2.24) is 4.98 Å². The Morgan fingerprint density at radius 3 is 2.60 bits per heavy atom. The first-order valence-electron chi connectivity index (χ1n) is 8.80. The van der Waals surface area contributed by atoms with Crippen LogP contribution in [0.2, 0.25) is 0 Å². The van der Waals surface area contributed by atoms with E-state index in [1.54, 1.807) is 34.7 Å². The van der Waals surface area contributed by atoms with Gasteiger partial charge in [0, 0.05) is 34.5 Å². The van der Waals surface area contributed by atoms with Gasteiger partial charge in [-0.25, -0.2) is 13.4 Å². The highest BCUT2D eigenvalue weighted by molar-refractivity contribution is 14.1. The molecule has 1 fully saturated rings. The molecule has 1 aromatic heterocycles. The number of nitrogens with zero attached hydrogens (tertiary/aromatic N) is 2. The molecule has 156 valence electrons. The lowest BCUT2D eigenvalue weighted by atomic mass is 10.0. The standard InChI is InChI=1S/C20H17FIN3O4S/c1-12(19(26)24-13-4-3-5-14(10-13)30(2,27)28)18(22)29-15-6-7-16(25-17(15)21)20(11-23)8-9-20/h3-7,10H,8-9H2,1-2H3,(H,24,26)/b18-12-. The Bertz CT molecular complexity index is 1200. The smallest absolute Gasteiger partial charge is 0.256 e. The van der Waals surface area contributed by atoms with Crippen molar-refractivity contribution >= 4 is 44.0 Å². The molecule has 1 amide bonds. The molecule has 0 radical (unpaired) electrons. The van der Waals surface area contributed by atoms with Crippen molar-refractivity contribution in [3.63, 3.8) is 0 Å². The van der Waals surface area contributed by atoms with Crippen LogP contribution >= 0.6 is 22.6 Å². The summed E-state index contributed by atoms with van der Waals surface area (Å²) in [5.41, 5.74) is 0.127. The fraction of sp³-hybridized carbons (Fsp3) is 0.250. The van der Waals surface area contributed by atoms with Gasteiger partial charge in [-0.3, -0.25) is 4.79 Å². The predicted octanol–water partition coefficient (Wildman–Crippen LogP) is 3.86. The van der Waals surface area contributed by atoms with Crippen molar-refractivity contribution in [2.45, 2.75) is 30.1 Å². The number of ether oxygens (including phenoxy) is 1. The molecule has 0 atom stereocenters. The molecule has 10 heteroatoms. The van der Waals surface area contributed by atoms with E-state index in [9.17, 15) is 22.9 Å². The molecule has 3 rings (SSSR count). The molecular formula is C20H17FIN3O4S. The first-order chi connectivity index (χ1) is 14.1. The second-order valence-corrected chi connectivity index (χ2v) is 9.93. The van der Waals surface area contributed by atoms with Gasteiger partial charge < -0.3 is 10.1 Å². The average Bonchev–Trinajstić information content (AvgIpc) is 3.49. The summed E-state index contributed by atoms with van der Waals surface area (Å²) in [7, 11) is -3.41. The van der Waals surface area contributed by atoms with Crippen LogP contribution in [0, 0.1) is 17.3 Å². The maximum Gasteiger partial charge on any atom is 0.256 e. The Morgan fingerprint density at radius 1 is 1.33 bits per heavy atom. The quantitative estimate of drug-likeness (QED) is 0.258. The number of pyridine rings is 1. The van der Waals surface area contributed by atoms with Crippen LogP contribution in [0.4, 0.5) is 10.1 Å². The zero-order valence-corrected chi connectivity index (χ0v) is 19.0. The summed E-state index contributed by atoms with van der Waals surface area (Å²) in [4.78, 5) is 16.4. The Kier molecular flexibility index (Phi) is 6.14. The van der Waals surface area contributed by atoms with E-state index in [0.29, 0.717) is 24.2 Å². The average molecular weight is 541 g/mol. The Balaban J connectivity index is 1.75. The van der Waals surface area contributed by atoms with Gasteiger partial charge in [-0.05, 0) is 50.1 Å². The summed E-state index contributed by atoms with van der Waals surface area (Å²) in [6.45, 7) is 1.49. The van der Waals surface area contributed by atoms with Gasteiger partial charge in [0.2, 0.25) is 0 Å². The number of halogens is 2. The maximum atomic E-state index is 14.3. The van der Waals surface area contributed by atoms with Gasteiger partial charge in [0.15, 0.2) is 19.4 Å². The van der Waals surface area contributed by atoms with Crippen LogP contribution in [0.5, 0.6) is 5.75 Å². The Morgan fingerprint density at radius 2 is 2.03 bits per heavy atom. The zero-order valence-electron chi connectivity index (χ0n) is 16.1. The number of hydrogen-bond acceptors (Lipinski definition) is 6. The normalized spacial score (nSPS) is 15.6. The second-order valence-electron chi connectivity index (χ2n) is 6.93. The van der Waals surface area contributed by atoms with Gasteiger partial charge in [-0.2, -0.15) is 9.65 Å². The second kappa shape index (κ2) is 8.31. The SMILES string of the molecule is C/C(C(=O)Nc1cccc(S(C)(=O)=O)c1)=C(\I)Oc1ccc(C2(C#N)CC2)nc1F. The first kappa shape index (κ1) is 22.2. The van der Waals surface area contributed by atoms with Crippen molar-refractivity contribution in [1.29, 1.82) is 5.26 Å². The fourth-order valence-corrected chi connectivity index (χ4v) is 3.76. The Labute approximate surface area is 187 Å². The lowest BCUT2D eigenvalue weighted by Gasteiger charge is -2.12. The minimum absolute atomic E-state index is 0.0759. The number of hydrogen-bond donors (Lipinski definition) is 1. The van der Waals surface area contributed by atoms with Crippen LogP contribution in [0.3, 0.4) is 0 Å². The molecule has 0 spiro atoms. The summed E-state index contributed by atoms with van der Waals surface area (Å²) < 4.78 is 43.2. The first-order valence-corrected chi connectivity index (χ1v) is 11.8. The number of carbonyl (C=O) groups excluding carboxylic acids is 1. The van der Waals surface area contributed by atoms with Crippen LogP contribution in [0.15, 0.2) is 50.6 Å². The molecule has 1 aromatic carbocycles. The zero-order chi connectivity index (χ0) is 22.1. The topological polar surface area (TPSA) is 109 Å². The third-order valence-corrected chi connectivity index (χ3v) is 6.76. The number of benzene rings is 1. The largest absolute Gasteiger partial charge is 0.446 e. The molecule has 0 saturated heterocycles. The molecule has 1 N–H and O–H groups in total. The molecule has 1 heterocycles. The third kappa shape index (κ3) is 4.79. The summed E-state index contributed by atoms with van der Waals surface area (Å²) in [5.74, 6) is -1.56. The molecule has 1 aliphatic carbocycles. The van der Waals surface area contributed by atoms with E-state index in [0.717, 1.165) is 6.26 Å². The van der Waals surface area contributed by atoms with Crippen molar-refractivity contribution in [2.75, 3.05) is 11.6 Å². The molecule has 7 nitrogen and oxygen atoms in total. The monoisotopic (exact) mass is 541 g/mol. The third-order valence-electron chi connectivity index (χ3n) is 4.62. The summed E-state index contributed by atoms with van der Waals surface area (Å²) >= 11 is 1.76. The molecule has 0 unspecified atom stereocenters. The summed E-state index contributed by atoms with van der Waals surface area (Å²) in [6, 6.07) is 10.9. The number of carbonyl (C=O) groups is 1. The summed E-state index contributed by atoms with van der Waals surface area (Å²) in [5, 5.41) is 11.8. The lowest BCUT2D eigenvalue weighted by molar-refractivity contribution is -0.112. The molecule has 2 aromatic rings. The highest BCUT2D eigenvalue weighted by Crippen LogP contribution is 2.47. The number of aromatic nitrogens is 1. The van der Waals surface area contributed by atoms with Gasteiger partial charge in [-0.1, -0.05) is 6.07 Å². The minimum Gasteiger partial charge on any atom is -0.446 e. The van der Waals surface area contributed by atoms with E-state index in [1.807, 2.05) is 0 Å². The summed E-state index contributed by atoms with van der Waals surface area (Å²) in [6.07, 6.45) is 2.37. The van der Waals surface area contributed by atoms with Crippen molar-refractivity contribution in [3.05, 3.63) is 57.4 Å². The van der Waals surface area contributed by atoms with Gasteiger partial charge in [-0.15, -0.1) is 0 Å². The van der Waals surface area contributed by atoms with E-state index in [2.05, 4.69) is 16.4 Å². The van der Waals surface area contributed by atoms with E-state index in [-0.39, 0.29) is 20.0 Å². The molecule has 0 aliphatic heterocycles. The maximum absolute atomic E-state index is 14.3. The minimum atomic E-state index is -3.41. The van der Waals surface area contributed by atoms with Crippen molar-refractivity contribution in [3.8, 4) is 11.8 Å². The van der Waals surface area contributed by atoms with Gasteiger partial charge in [0.05, 0.1) is 27.6 Å². The number of amides is 1. The van der Waals surface area contributed by atoms with E-state index < -0.39 is 27.1 Å². The molecule has 30 heavy (non-hydrogen) atoms. The number of anilines is 1. The number of nitriles is 1. The molecule has 1 aliphatic rings. The van der Waals surface area contributed by atoms with Crippen molar-refractivity contribution < 1.29 is 22.3 Å². The highest BCUT2D eigenvalue weighted by atomic mass is 127. The Hall–Kier alpha value is -2.52.